The molecule has 0 saturated carbocycles. The van der Waals surface area contributed by atoms with Crippen LogP contribution in [0.3, 0.4) is 0 Å². The topological polar surface area (TPSA) is 31.4 Å². The Balaban J connectivity index is 2.04. The summed E-state index contributed by atoms with van der Waals surface area (Å²) in [6.45, 7) is 0. The van der Waals surface area contributed by atoms with Crippen LogP contribution in [0.4, 0.5) is 0 Å². The van der Waals surface area contributed by atoms with E-state index in [0.717, 1.165) is 22.8 Å². The third kappa shape index (κ3) is 2.60. The second kappa shape index (κ2) is 5.12. The summed E-state index contributed by atoms with van der Waals surface area (Å²) in [5.74, 6) is 0.655. The molecule has 0 radical (unpaired) electrons. The minimum atomic E-state index is 0.225. The van der Waals surface area contributed by atoms with Crippen molar-refractivity contribution >= 4 is 22.6 Å². The molecule has 0 bridgehead atoms. The van der Waals surface area contributed by atoms with Crippen LogP contribution in [0.25, 0.3) is 0 Å². The van der Waals surface area contributed by atoms with Crippen LogP contribution in [-0.2, 0) is 4.74 Å². The highest BCUT2D eigenvalue weighted by atomic mass is 127. The van der Waals surface area contributed by atoms with Crippen molar-refractivity contribution in [3.63, 3.8) is 0 Å². The average Bonchev–Trinajstić information content (AvgIpc) is 2.78. The van der Waals surface area contributed by atoms with Crippen molar-refractivity contribution in [1.29, 1.82) is 0 Å². The molecule has 0 spiro atoms. The van der Waals surface area contributed by atoms with E-state index in [0.29, 0.717) is 12.0 Å². The molecule has 2 rings (SSSR count). The average molecular weight is 319 g/mol. The summed E-state index contributed by atoms with van der Waals surface area (Å²) >= 11 is 2.37. The minimum Gasteiger partial charge on any atom is -0.481 e. The number of methoxy groups -OCH3 is 1. The molecular formula is C11H14INO2. The molecule has 4 heteroatoms. The molecule has 2 atom stereocenters. The van der Waals surface area contributed by atoms with E-state index >= 15 is 0 Å². The fourth-order valence-electron chi connectivity index (χ4n) is 1.77. The standard InChI is InChI=1S/C11H14INO2/c1-14-11-5-2-8(7-13-11)10-4-3-9(6-12)15-10/h2,5,7,9-10H,3-4,6H2,1H3. The van der Waals surface area contributed by atoms with Crippen molar-refractivity contribution in [2.75, 3.05) is 11.5 Å². The normalized spacial score (nSPS) is 25.5. The highest BCUT2D eigenvalue weighted by Crippen LogP contribution is 2.33. The van der Waals surface area contributed by atoms with Gasteiger partial charge in [0.1, 0.15) is 0 Å². The van der Waals surface area contributed by atoms with Crippen molar-refractivity contribution in [2.24, 2.45) is 0 Å². The lowest BCUT2D eigenvalue weighted by molar-refractivity contribution is 0.0595. The first kappa shape index (κ1) is 11.1. The first-order chi connectivity index (χ1) is 7.33. The van der Waals surface area contributed by atoms with Crippen LogP contribution in [0.1, 0.15) is 24.5 Å². The van der Waals surface area contributed by atoms with Crippen LogP contribution in [0.15, 0.2) is 18.3 Å². The molecule has 1 aliphatic heterocycles. The third-order valence-corrected chi connectivity index (χ3v) is 3.60. The first-order valence-corrected chi connectivity index (χ1v) is 6.57. The lowest BCUT2D eigenvalue weighted by Crippen LogP contribution is -2.07. The molecule has 0 aromatic carbocycles. The van der Waals surface area contributed by atoms with Gasteiger partial charge in [0.15, 0.2) is 0 Å². The second-order valence-electron chi connectivity index (χ2n) is 3.61. The Morgan fingerprint density at radius 3 is 2.93 bits per heavy atom. The Kier molecular flexibility index (Phi) is 3.80. The number of pyridine rings is 1. The van der Waals surface area contributed by atoms with Crippen molar-refractivity contribution < 1.29 is 9.47 Å². The molecule has 2 heterocycles. The van der Waals surface area contributed by atoms with Crippen LogP contribution < -0.4 is 4.74 Å². The lowest BCUT2D eigenvalue weighted by Gasteiger charge is -2.12. The molecule has 3 nitrogen and oxygen atoms in total. The monoisotopic (exact) mass is 319 g/mol. The van der Waals surface area contributed by atoms with Crippen LogP contribution in [0.5, 0.6) is 5.88 Å². The van der Waals surface area contributed by atoms with Gasteiger partial charge < -0.3 is 9.47 Å². The molecule has 0 amide bonds. The van der Waals surface area contributed by atoms with Gasteiger partial charge in [0.25, 0.3) is 0 Å². The minimum absolute atomic E-state index is 0.225. The van der Waals surface area contributed by atoms with E-state index in [2.05, 4.69) is 27.6 Å². The molecule has 82 valence electrons. The van der Waals surface area contributed by atoms with Gasteiger partial charge in [-0.3, -0.25) is 0 Å². The number of hydrogen-bond acceptors (Lipinski definition) is 3. The maximum atomic E-state index is 5.88. The van der Waals surface area contributed by atoms with Crippen molar-refractivity contribution in [3.05, 3.63) is 23.9 Å². The predicted octanol–water partition coefficient (Wildman–Crippen LogP) is 2.75. The molecule has 1 fully saturated rings. The zero-order valence-electron chi connectivity index (χ0n) is 8.65. The maximum absolute atomic E-state index is 5.88. The van der Waals surface area contributed by atoms with E-state index < -0.39 is 0 Å². The van der Waals surface area contributed by atoms with Crippen LogP contribution in [-0.4, -0.2) is 22.6 Å². The van der Waals surface area contributed by atoms with E-state index in [-0.39, 0.29) is 6.10 Å². The molecule has 1 aromatic heterocycles. The van der Waals surface area contributed by atoms with E-state index in [1.54, 1.807) is 7.11 Å². The van der Waals surface area contributed by atoms with Gasteiger partial charge >= 0.3 is 0 Å². The Hall–Kier alpha value is -0.360. The largest absolute Gasteiger partial charge is 0.481 e. The molecule has 1 aromatic rings. The summed E-state index contributed by atoms with van der Waals surface area (Å²) in [5.41, 5.74) is 1.16. The van der Waals surface area contributed by atoms with Crippen LogP contribution in [0.2, 0.25) is 0 Å². The first-order valence-electron chi connectivity index (χ1n) is 5.05. The molecular weight excluding hydrogens is 305 g/mol. The molecule has 2 unspecified atom stereocenters. The number of hydrogen-bond donors (Lipinski definition) is 0. The van der Waals surface area contributed by atoms with Crippen molar-refractivity contribution in [3.8, 4) is 5.88 Å². The Labute approximate surface area is 103 Å². The number of rotatable bonds is 3. The smallest absolute Gasteiger partial charge is 0.212 e. The highest BCUT2D eigenvalue weighted by molar-refractivity contribution is 14.1. The van der Waals surface area contributed by atoms with Gasteiger partial charge in [0.05, 0.1) is 19.3 Å². The van der Waals surface area contributed by atoms with Gasteiger partial charge in [-0.1, -0.05) is 22.6 Å². The quantitative estimate of drug-likeness (QED) is 0.634. The van der Waals surface area contributed by atoms with Crippen molar-refractivity contribution in [1.82, 2.24) is 4.98 Å². The van der Waals surface area contributed by atoms with Crippen LogP contribution in [0, 0.1) is 0 Å². The molecule has 1 saturated heterocycles. The van der Waals surface area contributed by atoms with E-state index in [4.69, 9.17) is 9.47 Å². The summed E-state index contributed by atoms with van der Waals surface area (Å²) in [6, 6.07) is 3.92. The summed E-state index contributed by atoms with van der Waals surface area (Å²) in [7, 11) is 1.63. The number of halogens is 1. The van der Waals surface area contributed by atoms with Gasteiger partial charge in [0, 0.05) is 16.7 Å². The predicted molar refractivity (Wildman–Crippen MR) is 66.5 cm³/mol. The SMILES string of the molecule is COc1ccc(C2CCC(CI)O2)cn1. The number of ether oxygens (including phenoxy) is 2. The summed E-state index contributed by atoms with van der Waals surface area (Å²) in [6.07, 6.45) is 4.74. The number of aromatic nitrogens is 1. The van der Waals surface area contributed by atoms with Gasteiger partial charge in [-0.25, -0.2) is 4.98 Å². The molecule has 15 heavy (non-hydrogen) atoms. The van der Waals surface area contributed by atoms with Gasteiger partial charge in [0.2, 0.25) is 5.88 Å². The van der Waals surface area contributed by atoms with Crippen LogP contribution >= 0.6 is 22.6 Å². The number of alkyl halides is 1. The maximum Gasteiger partial charge on any atom is 0.212 e. The Bertz CT molecular complexity index is 315. The Morgan fingerprint density at radius 2 is 2.40 bits per heavy atom. The lowest BCUT2D eigenvalue weighted by atomic mass is 10.1. The second-order valence-corrected chi connectivity index (χ2v) is 4.49. The summed E-state index contributed by atoms with van der Waals surface area (Å²) in [5, 5.41) is 0. The number of nitrogens with zero attached hydrogens (tertiary/aromatic N) is 1. The zero-order valence-corrected chi connectivity index (χ0v) is 10.8. The van der Waals surface area contributed by atoms with E-state index in [1.165, 1.54) is 0 Å². The summed E-state index contributed by atoms with van der Waals surface area (Å²) < 4.78 is 12.0. The highest BCUT2D eigenvalue weighted by Gasteiger charge is 2.25. The van der Waals surface area contributed by atoms with E-state index in [1.807, 2.05) is 18.3 Å². The fraction of sp³-hybridized carbons (Fsp3) is 0.545. The molecule has 1 aliphatic rings. The molecule has 0 N–H and O–H groups in total. The van der Waals surface area contributed by atoms with Gasteiger partial charge in [-0.05, 0) is 24.5 Å². The Morgan fingerprint density at radius 1 is 1.53 bits per heavy atom. The van der Waals surface area contributed by atoms with Gasteiger partial charge in [-0.15, -0.1) is 0 Å². The zero-order chi connectivity index (χ0) is 10.7. The molecule has 0 aliphatic carbocycles. The van der Waals surface area contributed by atoms with E-state index in [9.17, 15) is 0 Å². The summed E-state index contributed by atoms with van der Waals surface area (Å²) in [4.78, 5) is 4.19. The van der Waals surface area contributed by atoms with Gasteiger partial charge in [-0.2, -0.15) is 0 Å². The van der Waals surface area contributed by atoms with Crippen molar-refractivity contribution in [2.45, 2.75) is 25.0 Å². The fourth-order valence-corrected chi connectivity index (χ4v) is 2.42. The third-order valence-electron chi connectivity index (χ3n) is 2.62.